The second-order valence-corrected chi connectivity index (χ2v) is 13.2. The van der Waals surface area contributed by atoms with Gasteiger partial charge in [-0.15, -0.1) is 6.42 Å². The zero-order chi connectivity index (χ0) is 21.2. The summed E-state index contributed by atoms with van der Waals surface area (Å²) in [6.45, 7) is 16.6. The number of unbranched alkanes of at least 4 members (excludes halogenated alkanes) is 1. The molecular weight excluding hydrogens is 519 g/mol. The fraction of sp³-hybridized carbons (Fsp3) is 0.429. The fourth-order valence-electron chi connectivity index (χ4n) is 5.25. The summed E-state index contributed by atoms with van der Waals surface area (Å²) in [5.74, 6) is 0. The number of rotatable bonds is 7. The molecule has 0 fully saturated rings. The van der Waals surface area contributed by atoms with Crippen LogP contribution in [0.2, 0.25) is 12.6 Å². The van der Waals surface area contributed by atoms with Gasteiger partial charge in [-0.1, -0.05) is 79.9 Å². The van der Waals surface area contributed by atoms with Crippen molar-refractivity contribution in [3.8, 4) is 0 Å². The molecule has 0 heterocycles. The number of halogens is 3. The van der Waals surface area contributed by atoms with Gasteiger partial charge in [0.05, 0.1) is 8.07 Å². The molecule has 0 aromatic heterocycles. The predicted octanol–water partition coefficient (Wildman–Crippen LogP) is -1.83. The van der Waals surface area contributed by atoms with E-state index in [0.717, 1.165) is 12.8 Å². The third-order valence-electron chi connectivity index (χ3n) is 7.32. The predicted molar refractivity (Wildman–Crippen MR) is 131 cm³/mol. The van der Waals surface area contributed by atoms with Crippen molar-refractivity contribution in [3.63, 3.8) is 0 Å². The van der Waals surface area contributed by atoms with E-state index in [2.05, 4.69) is 90.6 Å². The second kappa shape index (κ2) is 15.0. The third-order valence-corrected chi connectivity index (χ3v) is 12.1. The molecular formula is C28H37Cl3SiTi. The Kier molecular flexibility index (Phi) is 15.8. The molecule has 1 aliphatic carbocycles. The molecule has 1 atom stereocenters. The molecule has 2 aromatic rings. The first kappa shape index (κ1) is 34.9. The zero-order valence-corrected chi connectivity index (χ0v) is 26.0. The minimum Gasteiger partial charge on any atom is -1.00 e. The van der Waals surface area contributed by atoms with E-state index in [1.807, 2.05) is 0 Å². The summed E-state index contributed by atoms with van der Waals surface area (Å²) >= 11 is 0. The SMILES string of the molecule is CCCC[Si](C)(C1=[C-]CC=C1Cc1ccccc1)c1c(C)c(C)c(C)c(C)c1C.[Cl-].[Cl-].[Cl-].[Ti+4]. The van der Waals surface area contributed by atoms with Gasteiger partial charge in [-0.3, -0.25) is 6.08 Å². The molecule has 33 heavy (non-hydrogen) atoms. The largest absolute Gasteiger partial charge is 4.00 e. The first-order chi connectivity index (χ1) is 13.8. The molecule has 0 bridgehead atoms. The van der Waals surface area contributed by atoms with E-state index in [9.17, 15) is 0 Å². The summed E-state index contributed by atoms with van der Waals surface area (Å²) in [7, 11) is -1.87. The molecule has 0 radical (unpaired) electrons. The van der Waals surface area contributed by atoms with Crippen LogP contribution in [-0.2, 0) is 28.1 Å². The molecule has 2 aromatic carbocycles. The zero-order valence-electron chi connectivity index (χ0n) is 21.1. The molecule has 0 nitrogen and oxygen atoms in total. The Labute approximate surface area is 237 Å². The molecule has 0 saturated carbocycles. The first-order valence-electron chi connectivity index (χ1n) is 11.2. The van der Waals surface area contributed by atoms with E-state index in [-0.39, 0.29) is 58.9 Å². The maximum Gasteiger partial charge on any atom is 4.00 e. The number of hydrogen-bond donors (Lipinski definition) is 0. The normalized spacial score (nSPS) is 13.9. The maximum absolute atomic E-state index is 3.87. The van der Waals surface area contributed by atoms with Crippen molar-refractivity contribution in [2.75, 3.05) is 0 Å². The van der Waals surface area contributed by atoms with Crippen molar-refractivity contribution in [2.24, 2.45) is 0 Å². The molecule has 178 valence electrons. The van der Waals surface area contributed by atoms with E-state index in [4.69, 9.17) is 0 Å². The van der Waals surface area contributed by atoms with Gasteiger partial charge in [0, 0.05) is 0 Å². The van der Waals surface area contributed by atoms with Gasteiger partial charge in [0.1, 0.15) is 0 Å². The second-order valence-electron chi connectivity index (χ2n) is 9.08. The summed E-state index contributed by atoms with van der Waals surface area (Å²) in [4.78, 5) is 0. The molecule has 3 rings (SSSR count). The Morgan fingerprint density at radius 1 is 0.818 bits per heavy atom. The third kappa shape index (κ3) is 7.12. The van der Waals surface area contributed by atoms with Gasteiger partial charge in [-0.25, -0.2) is 5.20 Å². The minimum atomic E-state index is -1.87. The van der Waals surface area contributed by atoms with Crippen LogP contribution < -0.4 is 42.4 Å². The average Bonchev–Trinajstić information content (AvgIpc) is 3.19. The summed E-state index contributed by atoms with van der Waals surface area (Å²) in [6, 6.07) is 12.3. The van der Waals surface area contributed by atoms with Crippen molar-refractivity contribution in [3.05, 3.63) is 86.6 Å². The smallest absolute Gasteiger partial charge is 1.00 e. The Morgan fingerprint density at radius 3 is 1.85 bits per heavy atom. The van der Waals surface area contributed by atoms with Gasteiger partial charge < -0.3 is 37.2 Å². The molecule has 0 amide bonds. The van der Waals surface area contributed by atoms with Crippen LogP contribution in [0.1, 0.15) is 59.6 Å². The van der Waals surface area contributed by atoms with Crippen molar-refractivity contribution in [1.82, 2.24) is 0 Å². The maximum atomic E-state index is 3.87. The van der Waals surface area contributed by atoms with Crippen molar-refractivity contribution >= 4 is 13.3 Å². The van der Waals surface area contributed by atoms with E-state index in [1.165, 1.54) is 57.8 Å². The summed E-state index contributed by atoms with van der Waals surface area (Å²) < 4.78 is 0. The van der Waals surface area contributed by atoms with Gasteiger partial charge in [0.15, 0.2) is 0 Å². The van der Waals surface area contributed by atoms with E-state index < -0.39 is 8.07 Å². The number of hydrogen-bond acceptors (Lipinski definition) is 0. The Bertz CT molecular complexity index is 938. The van der Waals surface area contributed by atoms with Gasteiger partial charge in [0.2, 0.25) is 0 Å². The van der Waals surface area contributed by atoms with Crippen LogP contribution in [0.15, 0.2) is 47.2 Å². The number of allylic oxidation sites excluding steroid dienone is 4. The average molecular weight is 556 g/mol. The molecule has 0 aliphatic heterocycles. The Balaban J connectivity index is 0. The van der Waals surface area contributed by atoms with Gasteiger partial charge in [-0.2, -0.15) is 11.6 Å². The van der Waals surface area contributed by atoms with Gasteiger partial charge in [0.25, 0.3) is 0 Å². The fourth-order valence-corrected chi connectivity index (χ4v) is 10.5. The standard InChI is InChI=1S/C28H37Si.3ClH.Ti/c1-8-9-18-29(7,28-23(5)21(3)20(2)22(4)24(28)6)27-17-13-16-26(27)19-25-14-11-10-12-15-25;;;;/h10-12,14-16H,8-9,13,18-19H2,1-7H3;3*1H;/q-1;;;;+4/p-3. The molecule has 0 N–H and O–H groups in total. The van der Waals surface area contributed by atoms with Crippen molar-refractivity contribution < 1.29 is 58.9 Å². The van der Waals surface area contributed by atoms with Crippen LogP contribution in [0.4, 0.5) is 0 Å². The van der Waals surface area contributed by atoms with E-state index in [0.29, 0.717) is 0 Å². The van der Waals surface area contributed by atoms with Gasteiger partial charge >= 0.3 is 21.7 Å². The minimum absolute atomic E-state index is 0. The molecule has 5 heteroatoms. The summed E-state index contributed by atoms with van der Waals surface area (Å²) in [5, 5.41) is 3.28. The monoisotopic (exact) mass is 554 g/mol. The first-order valence-corrected chi connectivity index (χ1v) is 13.9. The van der Waals surface area contributed by atoms with Crippen LogP contribution in [0, 0.1) is 40.7 Å². The van der Waals surface area contributed by atoms with Crippen LogP contribution in [0.25, 0.3) is 0 Å². The number of benzene rings is 2. The summed E-state index contributed by atoms with van der Waals surface area (Å²) in [5.41, 5.74) is 10.5. The van der Waals surface area contributed by atoms with Crippen LogP contribution >= 0.6 is 0 Å². The summed E-state index contributed by atoms with van der Waals surface area (Å²) in [6.07, 6.45) is 10.9. The van der Waals surface area contributed by atoms with Crippen molar-refractivity contribution in [2.45, 2.75) is 79.8 Å². The topological polar surface area (TPSA) is 0 Å². The van der Waals surface area contributed by atoms with Crippen LogP contribution in [0.5, 0.6) is 0 Å². The molecule has 1 aliphatic rings. The van der Waals surface area contributed by atoms with Crippen LogP contribution in [0.3, 0.4) is 0 Å². The quantitative estimate of drug-likeness (QED) is 0.279. The Hall–Kier alpha value is -0.279. The Morgan fingerprint density at radius 2 is 1.33 bits per heavy atom. The van der Waals surface area contributed by atoms with Crippen molar-refractivity contribution in [1.29, 1.82) is 0 Å². The van der Waals surface area contributed by atoms with E-state index in [1.54, 1.807) is 10.4 Å². The molecule has 0 saturated heterocycles. The van der Waals surface area contributed by atoms with E-state index >= 15 is 0 Å². The van der Waals surface area contributed by atoms with Crippen LogP contribution in [-0.4, -0.2) is 8.07 Å². The molecule has 0 spiro atoms. The molecule has 1 unspecified atom stereocenters. The van der Waals surface area contributed by atoms with Gasteiger partial charge in [-0.05, 0) is 62.4 Å².